The van der Waals surface area contributed by atoms with Crippen molar-refractivity contribution < 1.29 is 0 Å². The number of nitrogens with zero attached hydrogens (tertiary/aromatic N) is 1. The summed E-state index contributed by atoms with van der Waals surface area (Å²) in [7, 11) is 0. The van der Waals surface area contributed by atoms with Crippen molar-refractivity contribution in [3.8, 4) is 44.5 Å². The molecule has 0 saturated carbocycles. The third-order valence-corrected chi connectivity index (χ3v) is 12.6. The van der Waals surface area contributed by atoms with Crippen LogP contribution in [0.2, 0.25) is 0 Å². The zero-order chi connectivity index (χ0) is 37.6. The van der Waals surface area contributed by atoms with Crippen LogP contribution in [-0.2, 0) is 10.8 Å². The molecule has 2 aliphatic rings. The number of fused-ring (bicyclic) bond motifs is 7. The van der Waals surface area contributed by atoms with Crippen LogP contribution in [0, 0.1) is 13.8 Å². The number of aryl methyl sites for hydroxylation is 2. The number of rotatable bonds is 5. The van der Waals surface area contributed by atoms with Gasteiger partial charge < -0.3 is 4.90 Å². The first-order valence-corrected chi connectivity index (χ1v) is 19.6. The highest BCUT2D eigenvalue weighted by Gasteiger charge is 2.39. The standard InChI is InChI=1S/C54H45N/c1-34-22-24-37(25-23-34)40-30-35(2)52(45(32-40)39-27-26-36-14-7-8-15-38(36)31-39)55(41-28-29-43-42-16-9-11-18-46(42)54(5,6)49(43)33-41)50-21-13-20-48-51(50)44-17-10-12-19-47(44)53(48,3)4/h7-33H,1-6H3. The molecule has 0 unspecified atom stereocenters. The minimum Gasteiger partial charge on any atom is -0.309 e. The van der Waals surface area contributed by atoms with Gasteiger partial charge in [-0.15, -0.1) is 0 Å². The molecular weight excluding hydrogens is 663 g/mol. The van der Waals surface area contributed by atoms with E-state index in [2.05, 4.69) is 210 Å². The average molecular weight is 708 g/mol. The van der Waals surface area contributed by atoms with E-state index in [4.69, 9.17) is 0 Å². The van der Waals surface area contributed by atoms with Gasteiger partial charge in [0.25, 0.3) is 0 Å². The Bertz CT molecular complexity index is 2830. The molecule has 266 valence electrons. The summed E-state index contributed by atoms with van der Waals surface area (Å²) < 4.78 is 0. The van der Waals surface area contributed by atoms with Gasteiger partial charge in [-0.3, -0.25) is 0 Å². The monoisotopic (exact) mass is 707 g/mol. The average Bonchev–Trinajstić information content (AvgIpc) is 3.58. The Morgan fingerprint density at radius 2 is 1.02 bits per heavy atom. The van der Waals surface area contributed by atoms with Crippen LogP contribution in [0.4, 0.5) is 17.1 Å². The highest BCUT2D eigenvalue weighted by atomic mass is 15.2. The third kappa shape index (κ3) is 5.06. The molecule has 0 amide bonds. The SMILES string of the molecule is Cc1ccc(-c2cc(C)c(N(c3ccc4c(c3)C(C)(C)c3ccccc3-4)c3cccc4c3-c3ccccc3C4(C)C)c(-c3ccc4ccccc4c3)c2)cc1. The number of hydrogen-bond donors (Lipinski definition) is 0. The lowest BCUT2D eigenvalue weighted by molar-refractivity contribution is 0.660. The van der Waals surface area contributed by atoms with Crippen LogP contribution in [0.15, 0.2) is 164 Å². The maximum atomic E-state index is 2.59. The van der Waals surface area contributed by atoms with E-state index >= 15 is 0 Å². The Balaban J connectivity index is 1.30. The zero-order valence-corrected chi connectivity index (χ0v) is 32.5. The van der Waals surface area contributed by atoms with Crippen LogP contribution < -0.4 is 4.90 Å². The van der Waals surface area contributed by atoms with Gasteiger partial charge in [-0.2, -0.15) is 0 Å². The summed E-state index contributed by atoms with van der Waals surface area (Å²) in [6.45, 7) is 14.0. The Hall–Kier alpha value is -6.18. The molecule has 0 aliphatic heterocycles. The molecule has 0 radical (unpaired) electrons. The van der Waals surface area contributed by atoms with E-state index in [1.807, 2.05) is 0 Å². The van der Waals surface area contributed by atoms with Crippen LogP contribution in [0.1, 0.15) is 61.1 Å². The summed E-state index contributed by atoms with van der Waals surface area (Å²) in [5.41, 5.74) is 21.5. The molecule has 1 nitrogen and oxygen atoms in total. The van der Waals surface area contributed by atoms with Gasteiger partial charge in [0.1, 0.15) is 0 Å². The number of anilines is 3. The van der Waals surface area contributed by atoms with E-state index in [0.717, 1.165) is 0 Å². The second-order valence-corrected chi connectivity index (χ2v) is 16.7. The largest absolute Gasteiger partial charge is 0.309 e. The van der Waals surface area contributed by atoms with Crippen molar-refractivity contribution in [1.82, 2.24) is 0 Å². The van der Waals surface area contributed by atoms with E-state index in [-0.39, 0.29) is 10.8 Å². The predicted molar refractivity (Wildman–Crippen MR) is 234 cm³/mol. The minimum absolute atomic E-state index is 0.124. The molecule has 2 aliphatic carbocycles. The van der Waals surface area contributed by atoms with Gasteiger partial charge in [0.2, 0.25) is 0 Å². The molecule has 8 aromatic carbocycles. The first-order chi connectivity index (χ1) is 26.6. The van der Waals surface area contributed by atoms with Crippen LogP contribution in [0.3, 0.4) is 0 Å². The molecule has 0 N–H and O–H groups in total. The lowest BCUT2D eigenvalue weighted by Gasteiger charge is -2.33. The summed E-state index contributed by atoms with van der Waals surface area (Å²) in [5, 5.41) is 2.49. The highest BCUT2D eigenvalue weighted by Crippen LogP contribution is 2.57. The molecule has 0 heterocycles. The Morgan fingerprint density at radius 3 is 1.80 bits per heavy atom. The molecule has 0 atom stereocenters. The Morgan fingerprint density at radius 1 is 0.400 bits per heavy atom. The predicted octanol–water partition coefficient (Wildman–Crippen LogP) is 14.9. The maximum absolute atomic E-state index is 2.59. The van der Waals surface area contributed by atoms with Crippen LogP contribution in [-0.4, -0.2) is 0 Å². The first kappa shape index (κ1) is 33.4. The summed E-state index contributed by atoms with van der Waals surface area (Å²) in [6.07, 6.45) is 0. The first-order valence-electron chi connectivity index (χ1n) is 19.6. The Kier molecular flexibility index (Phi) is 7.39. The summed E-state index contributed by atoms with van der Waals surface area (Å²) in [4.78, 5) is 2.59. The molecule has 0 bridgehead atoms. The van der Waals surface area contributed by atoms with Crippen molar-refractivity contribution in [2.45, 2.75) is 52.4 Å². The second kappa shape index (κ2) is 12.2. The fourth-order valence-electron chi connectivity index (χ4n) is 9.71. The van der Waals surface area contributed by atoms with Crippen molar-refractivity contribution in [3.05, 3.63) is 197 Å². The summed E-state index contributed by atoms with van der Waals surface area (Å²) in [5.74, 6) is 0. The third-order valence-electron chi connectivity index (χ3n) is 12.6. The minimum atomic E-state index is -0.133. The van der Waals surface area contributed by atoms with Gasteiger partial charge in [-0.1, -0.05) is 161 Å². The van der Waals surface area contributed by atoms with Gasteiger partial charge in [-0.25, -0.2) is 0 Å². The van der Waals surface area contributed by atoms with Crippen molar-refractivity contribution in [2.24, 2.45) is 0 Å². The van der Waals surface area contributed by atoms with Gasteiger partial charge in [-0.05, 0) is 122 Å². The van der Waals surface area contributed by atoms with E-state index in [1.54, 1.807) is 0 Å². The lowest BCUT2D eigenvalue weighted by atomic mass is 9.82. The highest BCUT2D eigenvalue weighted by molar-refractivity contribution is 6.01. The molecule has 55 heavy (non-hydrogen) atoms. The van der Waals surface area contributed by atoms with E-state index in [0.29, 0.717) is 0 Å². The summed E-state index contributed by atoms with van der Waals surface area (Å²) >= 11 is 0. The molecule has 0 aromatic heterocycles. The number of hydrogen-bond acceptors (Lipinski definition) is 1. The normalized spacial score (nSPS) is 14.3. The molecule has 1 heteroatoms. The van der Waals surface area contributed by atoms with Crippen molar-refractivity contribution >= 4 is 27.8 Å². The number of benzene rings is 8. The van der Waals surface area contributed by atoms with Crippen LogP contribution in [0.5, 0.6) is 0 Å². The van der Waals surface area contributed by atoms with E-state index in [9.17, 15) is 0 Å². The van der Waals surface area contributed by atoms with Gasteiger partial charge >= 0.3 is 0 Å². The smallest absolute Gasteiger partial charge is 0.0569 e. The molecule has 8 aromatic rings. The lowest BCUT2D eigenvalue weighted by Crippen LogP contribution is -2.18. The second-order valence-electron chi connectivity index (χ2n) is 16.7. The fourth-order valence-corrected chi connectivity index (χ4v) is 9.71. The van der Waals surface area contributed by atoms with E-state index < -0.39 is 0 Å². The quantitative estimate of drug-likeness (QED) is 0.172. The van der Waals surface area contributed by atoms with Crippen LogP contribution >= 0.6 is 0 Å². The maximum Gasteiger partial charge on any atom is 0.0569 e. The molecule has 0 spiro atoms. The van der Waals surface area contributed by atoms with Gasteiger partial charge in [0.05, 0.1) is 11.4 Å². The fraction of sp³-hybridized carbons (Fsp3) is 0.148. The summed E-state index contributed by atoms with van der Waals surface area (Å²) in [6, 6.07) is 61.6. The molecular formula is C54H45N. The van der Waals surface area contributed by atoms with Gasteiger partial charge in [0, 0.05) is 27.6 Å². The molecule has 0 saturated heterocycles. The van der Waals surface area contributed by atoms with Crippen LogP contribution in [0.25, 0.3) is 55.3 Å². The molecule has 0 fully saturated rings. The van der Waals surface area contributed by atoms with E-state index in [1.165, 1.54) is 106 Å². The van der Waals surface area contributed by atoms with Crippen molar-refractivity contribution in [1.29, 1.82) is 0 Å². The Labute approximate surface area is 325 Å². The zero-order valence-electron chi connectivity index (χ0n) is 32.5. The molecule has 10 rings (SSSR count). The van der Waals surface area contributed by atoms with Crippen molar-refractivity contribution in [2.75, 3.05) is 4.90 Å². The topological polar surface area (TPSA) is 3.24 Å². The van der Waals surface area contributed by atoms with Crippen molar-refractivity contribution in [3.63, 3.8) is 0 Å². The van der Waals surface area contributed by atoms with Gasteiger partial charge in [0.15, 0.2) is 0 Å².